The number of nitrogens with zero attached hydrogens (tertiary/aromatic N) is 3. The molecule has 0 saturated carbocycles. The van der Waals surface area contributed by atoms with E-state index >= 15 is 0 Å². The summed E-state index contributed by atoms with van der Waals surface area (Å²) in [5.74, 6) is 0.211. The van der Waals surface area contributed by atoms with Crippen molar-refractivity contribution in [3.63, 3.8) is 0 Å². The number of ketones is 1. The fourth-order valence-corrected chi connectivity index (χ4v) is 4.03. The molecule has 1 aliphatic rings. The number of rotatable bonds is 5. The molecule has 0 spiro atoms. The smallest absolute Gasteiger partial charge is 0.191 e. The standard InChI is InChI=1S/C19H19N3OS/c1-2-16-14-8-4-3-7-13(14)15(11-20)19(22-16)24-12-18(23)17-9-5-6-10-21-17/h5-6,9-10H,2-4,7-8,12H2,1H3. The molecule has 0 saturated heterocycles. The topological polar surface area (TPSA) is 66.6 Å². The van der Waals surface area contributed by atoms with Crippen molar-refractivity contribution < 1.29 is 4.79 Å². The second-order valence-electron chi connectivity index (χ2n) is 5.80. The Morgan fingerprint density at radius 1 is 1.29 bits per heavy atom. The normalized spacial score (nSPS) is 13.2. The molecule has 2 heterocycles. The van der Waals surface area contributed by atoms with E-state index in [9.17, 15) is 10.1 Å². The van der Waals surface area contributed by atoms with Crippen LogP contribution in [0.3, 0.4) is 0 Å². The first-order valence-corrected chi connectivity index (χ1v) is 9.25. The van der Waals surface area contributed by atoms with Crippen LogP contribution in [0.4, 0.5) is 0 Å². The Morgan fingerprint density at radius 3 is 2.75 bits per heavy atom. The minimum atomic E-state index is -0.0398. The van der Waals surface area contributed by atoms with Crippen molar-refractivity contribution in [2.24, 2.45) is 0 Å². The average Bonchev–Trinajstić information content (AvgIpc) is 2.65. The summed E-state index contributed by atoms with van der Waals surface area (Å²) in [4.78, 5) is 21.1. The number of aromatic nitrogens is 2. The van der Waals surface area contributed by atoms with Crippen LogP contribution in [0.15, 0.2) is 29.4 Å². The van der Waals surface area contributed by atoms with Crippen molar-refractivity contribution in [3.8, 4) is 6.07 Å². The van der Waals surface area contributed by atoms with Gasteiger partial charge in [-0.05, 0) is 55.4 Å². The lowest BCUT2D eigenvalue weighted by Crippen LogP contribution is -2.13. The van der Waals surface area contributed by atoms with Crippen LogP contribution in [0.5, 0.6) is 0 Å². The number of nitriles is 1. The third-order valence-corrected chi connectivity index (χ3v) is 5.28. The molecule has 0 atom stereocenters. The fraction of sp³-hybridized carbons (Fsp3) is 0.368. The minimum Gasteiger partial charge on any atom is -0.291 e. The average molecular weight is 337 g/mol. The maximum Gasteiger partial charge on any atom is 0.191 e. The van der Waals surface area contributed by atoms with E-state index in [0.717, 1.165) is 43.4 Å². The molecule has 0 radical (unpaired) electrons. The van der Waals surface area contributed by atoms with Crippen molar-refractivity contribution in [2.45, 2.75) is 44.1 Å². The first kappa shape index (κ1) is 16.7. The van der Waals surface area contributed by atoms with Crippen molar-refractivity contribution in [1.82, 2.24) is 9.97 Å². The predicted molar refractivity (Wildman–Crippen MR) is 94.3 cm³/mol. The summed E-state index contributed by atoms with van der Waals surface area (Å²) in [7, 11) is 0. The summed E-state index contributed by atoms with van der Waals surface area (Å²) < 4.78 is 0. The fourth-order valence-electron chi connectivity index (χ4n) is 3.12. The zero-order chi connectivity index (χ0) is 16.9. The summed E-state index contributed by atoms with van der Waals surface area (Å²) in [6.07, 6.45) is 6.71. The van der Waals surface area contributed by atoms with Crippen LogP contribution in [0.2, 0.25) is 0 Å². The Hall–Kier alpha value is -2.19. The van der Waals surface area contributed by atoms with Crippen LogP contribution in [0, 0.1) is 11.3 Å². The molecule has 2 aromatic rings. The number of carbonyl (C=O) groups excluding carboxylic acids is 1. The van der Waals surface area contributed by atoms with Crippen LogP contribution < -0.4 is 0 Å². The van der Waals surface area contributed by atoms with Crippen molar-refractivity contribution in [2.75, 3.05) is 5.75 Å². The van der Waals surface area contributed by atoms with Gasteiger partial charge in [0.15, 0.2) is 5.78 Å². The highest BCUT2D eigenvalue weighted by Crippen LogP contribution is 2.32. The summed E-state index contributed by atoms with van der Waals surface area (Å²) in [6, 6.07) is 7.63. The Morgan fingerprint density at radius 2 is 2.08 bits per heavy atom. The monoisotopic (exact) mass is 337 g/mol. The van der Waals surface area contributed by atoms with E-state index in [-0.39, 0.29) is 11.5 Å². The third-order valence-electron chi connectivity index (χ3n) is 4.31. The Balaban J connectivity index is 1.88. The van der Waals surface area contributed by atoms with E-state index in [1.807, 2.05) is 0 Å². The highest BCUT2D eigenvalue weighted by Gasteiger charge is 2.22. The number of thioether (sulfide) groups is 1. The van der Waals surface area contributed by atoms with Gasteiger partial charge in [0.2, 0.25) is 0 Å². The molecular formula is C19H19N3OS. The lowest BCUT2D eigenvalue weighted by Gasteiger charge is -2.21. The zero-order valence-corrected chi connectivity index (χ0v) is 14.5. The van der Waals surface area contributed by atoms with Crippen molar-refractivity contribution in [1.29, 1.82) is 5.26 Å². The van der Waals surface area contributed by atoms with Gasteiger partial charge in [0.05, 0.1) is 11.3 Å². The molecule has 0 amide bonds. The van der Waals surface area contributed by atoms with Gasteiger partial charge in [-0.3, -0.25) is 9.78 Å². The number of Topliss-reactive ketones (excluding diaryl/α,β-unsaturated/α-hetero) is 1. The Kier molecular flexibility index (Phi) is 5.27. The van der Waals surface area contributed by atoms with Crippen LogP contribution in [-0.4, -0.2) is 21.5 Å². The number of hydrogen-bond acceptors (Lipinski definition) is 5. The van der Waals surface area contributed by atoms with E-state index < -0.39 is 0 Å². The largest absolute Gasteiger partial charge is 0.291 e. The predicted octanol–water partition coefficient (Wildman–Crippen LogP) is 3.76. The molecule has 0 N–H and O–H groups in total. The minimum absolute atomic E-state index is 0.0398. The molecule has 1 aliphatic carbocycles. The molecule has 0 fully saturated rings. The van der Waals surface area contributed by atoms with Gasteiger partial charge >= 0.3 is 0 Å². The molecule has 0 unspecified atom stereocenters. The first-order chi connectivity index (χ1) is 11.7. The van der Waals surface area contributed by atoms with E-state index in [4.69, 9.17) is 4.98 Å². The highest BCUT2D eigenvalue weighted by molar-refractivity contribution is 8.00. The van der Waals surface area contributed by atoms with E-state index in [2.05, 4.69) is 18.0 Å². The van der Waals surface area contributed by atoms with Gasteiger partial charge in [0.1, 0.15) is 16.8 Å². The molecule has 122 valence electrons. The molecular weight excluding hydrogens is 318 g/mol. The quantitative estimate of drug-likeness (QED) is 0.614. The Bertz CT molecular complexity index is 796. The van der Waals surface area contributed by atoms with Gasteiger partial charge in [-0.15, -0.1) is 0 Å². The maximum atomic E-state index is 12.3. The molecule has 4 nitrogen and oxygen atoms in total. The number of hydrogen-bond donors (Lipinski definition) is 0. The van der Waals surface area contributed by atoms with Gasteiger partial charge in [-0.25, -0.2) is 4.98 Å². The molecule has 0 bridgehead atoms. The third kappa shape index (κ3) is 3.34. The van der Waals surface area contributed by atoms with Gasteiger partial charge < -0.3 is 0 Å². The molecule has 2 aromatic heterocycles. The molecule has 3 rings (SSSR count). The second-order valence-corrected chi connectivity index (χ2v) is 6.76. The number of aryl methyl sites for hydroxylation is 1. The van der Waals surface area contributed by atoms with Crippen LogP contribution in [0.25, 0.3) is 0 Å². The number of pyridine rings is 2. The van der Waals surface area contributed by atoms with E-state index in [1.54, 1.807) is 24.4 Å². The summed E-state index contributed by atoms with van der Waals surface area (Å²) in [6.45, 7) is 2.09. The summed E-state index contributed by atoms with van der Waals surface area (Å²) in [5, 5.41) is 10.3. The number of fused-ring (bicyclic) bond motifs is 1. The summed E-state index contributed by atoms with van der Waals surface area (Å²) in [5.41, 5.74) is 4.62. The van der Waals surface area contributed by atoms with E-state index in [1.165, 1.54) is 17.3 Å². The van der Waals surface area contributed by atoms with Crippen LogP contribution in [0.1, 0.15) is 52.6 Å². The van der Waals surface area contributed by atoms with Gasteiger partial charge in [0.25, 0.3) is 0 Å². The van der Waals surface area contributed by atoms with Gasteiger partial charge in [-0.1, -0.05) is 24.8 Å². The van der Waals surface area contributed by atoms with Crippen molar-refractivity contribution in [3.05, 3.63) is 52.5 Å². The van der Waals surface area contributed by atoms with E-state index in [0.29, 0.717) is 16.3 Å². The molecule has 0 aliphatic heterocycles. The zero-order valence-electron chi connectivity index (χ0n) is 13.7. The van der Waals surface area contributed by atoms with Crippen molar-refractivity contribution >= 4 is 17.5 Å². The first-order valence-electron chi connectivity index (χ1n) is 8.26. The molecule has 5 heteroatoms. The Labute approximate surface area is 146 Å². The second kappa shape index (κ2) is 7.59. The maximum absolute atomic E-state index is 12.3. The lowest BCUT2D eigenvalue weighted by atomic mass is 9.87. The highest BCUT2D eigenvalue weighted by atomic mass is 32.2. The SMILES string of the molecule is CCc1nc(SCC(=O)c2ccccn2)c(C#N)c2c1CCCC2. The van der Waals surface area contributed by atoms with Crippen LogP contribution >= 0.6 is 11.8 Å². The van der Waals surface area contributed by atoms with Gasteiger partial charge in [0, 0.05) is 11.9 Å². The molecule has 0 aromatic carbocycles. The molecule has 24 heavy (non-hydrogen) atoms. The van der Waals surface area contributed by atoms with Crippen LogP contribution in [-0.2, 0) is 19.3 Å². The lowest BCUT2D eigenvalue weighted by molar-refractivity contribution is 0.101. The number of carbonyl (C=O) groups is 1. The van der Waals surface area contributed by atoms with Gasteiger partial charge in [-0.2, -0.15) is 5.26 Å². The summed E-state index contributed by atoms with van der Waals surface area (Å²) >= 11 is 1.35.